The summed E-state index contributed by atoms with van der Waals surface area (Å²) < 4.78 is 5.67. The Bertz CT molecular complexity index is 375. The molecule has 1 unspecified atom stereocenters. The molecule has 1 aromatic carbocycles. The smallest absolute Gasteiger partial charge is 0.119 e. The van der Waals surface area contributed by atoms with Gasteiger partial charge in [-0.25, -0.2) is 0 Å². The molecule has 21 heavy (non-hydrogen) atoms. The van der Waals surface area contributed by atoms with Crippen LogP contribution in [0.3, 0.4) is 0 Å². The fourth-order valence-corrected chi connectivity index (χ4v) is 2.45. The maximum absolute atomic E-state index is 5.67. The van der Waals surface area contributed by atoms with Crippen LogP contribution in [0.15, 0.2) is 24.3 Å². The Morgan fingerprint density at radius 2 is 1.67 bits per heavy atom. The Morgan fingerprint density at radius 1 is 1.05 bits per heavy atom. The van der Waals surface area contributed by atoms with E-state index in [0.29, 0.717) is 12.0 Å². The van der Waals surface area contributed by atoms with E-state index in [4.69, 9.17) is 4.74 Å². The first-order chi connectivity index (χ1) is 9.86. The predicted octanol–water partition coefficient (Wildman–Crippen LogP) is 3.54. The summed E-state index contributed by atoms with van der Waals surface area (Å²) >= 11 is 0. The van der Waals surface area contributed by atoms with Crippen LogP contribution in [-0.2, 0) is 6.54 Å². The first kappa shape index (κ1) is 18.0. The second kappa shape index (κ2) is 9.06. The highest BCUT2D eigenvalue weighted by Gasteiger charge is 2.11. The zero-order valence-electron chi connectivity index (χ0n) is 14.5. The Kier molecular flexibility index (Phi) is 7.76. The maximum atomic E-state index is 5.67. The van der Waals surface area contributed by atoms with Gasteiger partial charge in [-0.05, 0) is 58.0 Å². The van der Waals surface area contributed by atoms with Crippen molar-refractivity contribution in [2.24, 2.45) is 5.92 Å². The standard InChI is InChI=1S/C18H32N2O/c1-14(2)11-17(13-20(5)6)19-12-16-7-9-18(10-8-16)21-15(3)4/h7-10,14-15,17,19H,11-13H2,1-6H3. The van der Waals surface area contributed by atoms with Gasteiger partial charge in [0.2, 0.25) is 0 Å². The second-order valence-electron chi connectivity index (χ2n) is 6.78. The molecule has 0 saturated heterocycles. The van der Waals surface area contributed by atoms with E-state index in [-0.39, 0.29) is 6.10 Å². The molecule has 3 nitrogen and oxygen atoms in total. The number of hydrogen-bond donors (Lipinski definition) is 1. The van der Waals surface area contributed by atoms with Gasteiger partial charge in [0.25, 0.3) is 0 Å². The van der Waals surface area contributed by atoms with Gasteiger partial charge in [-0.2, -0.15) is 0 Å². The minimum atomic E-state index is 0.226. The van der Waals surface area contributed by atoms with Crippen molar-refractivity contribution in [3.05, 3.63) is 29.8 Å². The number of benzene rings is 1. The summed E-state index contributed by atoms with van der Waals surface area (Å²) in [6.07, 6.45) is 1.43. The highest BCUT2D eigenvalue weighted by molar-refractivity contribution is 5.27. The predicted molar refractivity (Wildman–Crippen MR) is 90.8 cm³/mol. The average Bonchev–Trinajstić information content (AvgIpc) is 2.35. The molecule has 3 heteroatoms. The van der Waals surface area contributed by atoms with E-state index in [9.17, 15) is 0 Å². The zero-order valence-corrected chi connectivity index (χ0v) is 14.5. The van der Waals surface area contributed by atoms with Gasteiger partial charge in [-0.1, -0.05) is 26.0 Å². The third-order valence-electron chi connectivity index (χ3n) is 3.23. The van der Waals surface area contributed by atoms with Gasteiger partial charge in [-0.3, -0.25) is 0 Å². The minimum absolute atomic E-state index is 0.226. The van der Waals surface area contributed by atoms with Gasteiger partial charge in [0.05, 0.1) is 6.10 Å². The van der Waals surface area contributed by atoms with Crippen molar-refractivity contribution in [3.63, 3.8) is 0 Å². The van der Waals surface area contributed by atoms with Crippen molar-refractivity contribution in [3.8, 4) is 5.75 Å². The summed E-state index contributed by atoms with van der Waals surface area (Å²) in [6, 6.07) is 8.94. The summed E-state index contributed by atoms with van der Waals surface area (Å²) in [5, 5.41) is 3.68. The lowest BCUT2D eigenvalue weighted by Crippen LogP contribution is -2.38. The molecule has 0 bridgehead atoms. The van der Waals surface area contributed by atoms with Gasteiger partial charge in [-0.15, -0.1) is 0 Å². The van der Waals surface area contributed by atoms with Gasteiger partial charge in [0.1, 0.15) is 5.75 Å². The molecular weight excluding hydrogens is 260 g/mol. The molecule has 0 spiro atoms. The van der Waals surface area contributed by atoms with Gasteiger partial charge in [0, 0.05) is 19.1 Å². The van der Waals surface area contributed by atoms with Crippen molar-refractivity contribution in [2.75, 3.05) is 20.6 Å². The third kappa shape index (κ3) is 8.08. The molecule has 0 heterocycles. The van der Waals surface area contributed by atoms with Crippen LogP contribution < -0.4 is 10.1 Å². The monoisotopic (exact) mass is 292 g/mol. The van der Waals surface area contributed by atoms with Crippen molar-refractivity contribution < 1.29 is 4.74 Å². The van der Waals surface area contributed by atoms with Crippen LogP contribution in [0.2, 0.25) is 0 Å². The number of ether oxygens (including phenoxy) is 1. The molecule has 1 aromatic rings. The molecule has 0 saturated carbocycles. The van der Waals surface area contributed by atoms with Crippen LogP contribution in [0.4, 0.5) is 0 Å². The lowest BCUT2D eigenvalue weighted by molar-refractivity contribution is 0.242. The van der Waals surface area contributed by atoms with E-state index in [1.807, 2.05) is 13.8 Å². The van der Waals surface area contributed by atoms with E-state index in [2.05, 4.69) is 62.4 Å². The molecule has 0 aliphatic heterocycles. The van der Waals surface area contributed by atoms with Crippen LogP contribution in [0.5, 0.6) is 5.75 Å². The highest BCUT2D eigenvalue weighted by atomic mass is 16.5. The first-order valence-corrected chi connectivity index (χ1v) is 8.00. The fraction of sp³-hybridized carbons (Fsp3) is 0.667. The SMILES string of the molecule is CC(C)CC(CN(C)C)NCc1ccc(OC(C)C)cc1. The van der Waals surface area contributed by atoms with Crippen molar-refractivity contribution in [1.82, 2.24) is 10.2 Å². The Morgan fingerprint density at radius 3 is 2.14 bits per heavy atom. The lowest BCUT2D eigenvalue weighted by atomic mass is 10.0. The summed E-state index contributed by atoms with van der Waals surface area (Å²) in [7, 11) is 4.26. The Labute approximate surface area is 130 Å². The van der Waals surface area contributed by atoms with E-state index >= 15 is 0 Å². The van der Waals surface area contributed by atoms with Crippen LogP contribution in [0, 0.1) is 5.92 Å². The van der Waals surface area contributed by atoms with E-state index in [1.165, 1.54) is 12.0 Å². The van der Waals surface area contributed by atoms with Crippen molar-refractivity contribution in [1.29, 1.82) is 0 Å². The van der Waals surface area contributed by atoms with E-state index in [0.717, 1.165) is 18.8 Å². The van der Waals surface area contributed by atoms with Crippen LogP contribution in [0.1, 0.15) is 39.7 Å². The van der Waals surface area contributed by atoms with Crippen LogP contribution in [-0.4, -0.2) is 37.7 Å². The summed E-state index contributed by atoms with van der Waals surface area (Å²) in [4.78, 5) is 2.25. The Hall–Kier alpha value is -1.06. The summed E-state index contributed by atoms with van der Waals surface area (Å²) in [5.41, 5.74) is 1.30. The van der Waals surface area contributed by atoms with Gasteiger partial charge >= 0.3 is 0 Å². The molecule has 1 N–H and O–H groups in total. The normalized spacial score (nSPS) is 13.2. The largest absolute Gasteiger partial charge is 0.491 e. The first-order valence-electron chi connectivity index (χ1n) is 8.00. The molecule has 0 amide bonds. The molecule has 1 rings (SSSR count). The third-order valence-corrected chi connectivity index (χ3v) is 3.23. The number of hydrogen-bond acceptors (Lipinski definition) is 3. The number of nitrogens with zero attached hydrogens (tertiary/aromatic N) is 1. The second-order valence-corrected chi connectivity index (χ2v) is 6.78. The van der Waals surface area contributed by atoms with Gasteiger partial charge in [0.15, 0.2) is 0 Å². The molecule has 0 aliphatic carbocycles. The Balaban J connectivity index is 2.50. The summed E-state index contributed by atoms with van der Waals surface area (Å²) in [6.45, 7) is 10.6. The lowest BCUT2D eigenvalue weighted by Gasteiger charge is -2.24. The fourth-order valence-electron chi connectivity index (χ4n) is 2.45. The molecule has 120 valence electrons. The summed E-state index contributed by atoms with van der Waals surface area (Å²) in [5.74, 6) is 1.66. The molecular formula is C18H32N2O. The number of rotatable bonds is 9. The molecule has 1 atom stereocenters. The van der Waals surface area contributed by atoms with Crippen LogP contribution >= 0.6 is 0 Å². The van der Waals surface area contributed by atoms with E-state index < -0.39 is 0 Å². The topological polar surface area (TPSA) is 24.5 Å². The number of likely N-dealkylation sites (N-methyl/N-ethyl adjacent to an activating group) is 1. The van der Waals surface area contributed by atoms with Crippen molar-refractivity contribution >= 4 is 0 Å². The van der Waals surface area contributed by atoms with E-state index in [1.54, 1.807) is 0 Å². The minimum Gasteiger partial charge on any atom is -0.491 e. The van der Waals surface area contributed by atoms with Crippen molar-refractivity contribution in [2.45, 2.75) is 52.8 Å². The molecule has 0 fully saturated rings. The van der Waals surface area contributed by atoms with Gasteiger partial charge < -0.3 is 15.0 Å². The molecule has 0 aromatic heterocycles. The van der Waals surface area contributed by atoms with Crippen LogP contribution in [0.25, 0.3) is 0 Å². The average molecular weight is 292 g/mol. The zero-order chi connectivity index (χ0) is 15.8. The maximum Gasteiger partial charge on any atom is 0.119 e. The number of nitrogens with one attached hydrogen (secondary N) is 1. The molecule has 0 radical (unpaired) electrons. The molecule has 0 aliphatic rings. The quantitative estimate of drug-likeness (QED) is 0.753. The highest BCUT2D eigenvalue weighted by Crippen LogP contribution is 2.14.